The molecule has 1 N–H and O–H groups in total. The maximum atomic E-state index is 12.7. The summed E-state index contributed by atoms with van der Waals surface area (Å²) >= 11 is 0. The predicted octanol–water partition coefficient (Wildman–Crippen LogP) is 0.797. The number of piperidine rings is 1. The molecule has 1 aromatic carbocycles. The van der Waals surface area contributed by atoms with Crippen molar-refractivity contribution in [1.82, 2.24) is 10.2 Å². The van der Waals surface area contributed by atoms with Gasteiger partial charge in [-0.05, 0) is 19.3 Å². The summed E-state index contributed by atoms with van der Waals surface area (Å²) in [6.07, 6.45) is 1.33. The largest absolute Gasteiger partial charge is 0.496 e. The van der Waals surface area contributed by atoms with Gasteiger partial charge in [0, 0.05) is 44.3 Å². The maximum Gasteiger partial charge on any atom is 0.234 e. The van der Waals surface area contributed by atoms with Gasteiger partial charge >= 0.3 is 0 Å². The Morgan fingerprint density at radius 3 is 2.10 bits per heavy atom. The molecule has 0 bridgehead atoms. The number of amides is 2. The van der Waals surface area contributed by atoms with E-state index in [4.69, 9.17) is 14.2 Å². The first kappa shape index (κ1) is 23.8. The number of carbonyl (C=O) groups is 2. The molecule has 0 saturated carbocycles. The van der Waals surface area contributed by atoms with Crippen molar-refractivity contribution >= 4 is 21.7 Å². The minimum Gasteiger partial charge on any atom is -0.496 e. The Kier molecular flexibility index (Phi) is 8.33. The van der Waals surface area contributed by atoms with Gasteiger partial charge in [0.05, 0.1) is 26.6 Å². The van der Waals surface area contributed by atoms with E-state index in [0.29, 0.717) is 49.6 Å². The Balaban J connectivity index is 1.97. The summed E-state index contributed by atoms with van der Waals surface area (Å²) in [6.45, 7) is 0.709. The number of nitrogens with one attached hydrogen (secondary N) is 1. The Bertz CT molecular complexity index is 837. The highest BCUT2D eigenvalue weighted by Gasteiger charge is 2.32. The molecule has 2 rings (SSSR count). The highest BCUT2D eigenvalue weighted by molar-refractivity contribution is 7.92. The fraction of sp³-hybridized carbons (Fsp3) is 0.600. The second-order valence-corrected chi connectivity index (χ2v) is 9.35. The van der Waals surface area contributed by atoms with Crippen LogP contribution in [-0.4, -0.2) is 77.6 Å². The van der Waals surface area contributed by atoms with Gasteiger partial charge in [-0.1, -0.05) is 0 Å². The number of benzene rings is 1. The van der Waals surface area contributed by atoms with Gasteiger partial charge in [-0.2, -0.15) is 0 Å². The van der Waals surface area contributed by atoms with Crippen LogP contribution in [0.3, 0.4) is 0 Å². The number of carbonyl (C=O) groups excluding carboxylic acids is 2. The van der Waals surface area contributed by atoms with Crippen molar-refractivity contribution < 1.29 is 32.2 Å². The lowest BCUT2D eigenvalue weighted by molar-refractivity contribution is -0.132. The minimum atomic E-state index is -3.52. The van der Waals surface area contributed by atoms with Crippen molar-refractivity contribution in [3.63, 3.8) is 0 Å². The molecule has 168 valence electrons. The molecule has 0 aliphatic carbocycles. The second kappa shape index (κ2) is 10.5. The predicted molar refractivity (Wildman–Crippen MR) is 112 cm³/mol. The number of hydrogen-bond donors (Lipinski definition) is 1. The van der Waals surface area contributed by atoms with Gasteiger partial charge in [0.15, 0.2) is 9.84 Å². The third-order valence-electron chi connectivity index (χ3n) is 5.32. The van der Waals surface area contributed by atoms with Gasteiger partial charge in [-0.15, -0.1) is 0 Å². The van der Waals surface area contributed by atoms with Crippen molar-refractivity contribution in [2.24, 2.45) is 0 Å². The summed E-state index contributed by atoms with van der Waals surface area (Å²) in [6, 6.07) is 3.48. The molecule has 0 atom stereocenters. The van der Waals surface area contributed by atoms with Gasteiger partial charge in [-0.25, -0.2) is 8.42 Å². The maximum absolute atomic E-state index is 12.7. The summed E-state index contributed by atoms with van der Waals surface area (Å²) in [4.78, 5) is 25.8. The first-order chi connectivity index (χ1) is 14.2. The zero-order valence-corrected chi connectivity index (χ0v) is 18.7. The Morgan fingerprint density at radius 2 is 1.63 bits per heavy atom. The molecule has 1 aliphatic rings. The minimum absolute atomic E-state index is 0.0583. The van der Waals surface area contributed by atoms with Gasteiger partial charge < -0.3 is 24.4 Å². The van der Waals surface area contributed by atoms with E-state index < -0.39 is 26.7 Å². The normalized spacial score (nSPS) is 14.9. The molecule has 0 unspecified atom stereocenters. The number of likely N-dealkylation sites (tertiary alicyclic amines) is 1. The van der Waals surface area contributed by atoms with Crippen LogP contribution >= 0.6 is 0 Å². The standard InChI is InChI=1S/C20H30N2O7S/c1-21-19(23)13-30(25,26)15-7-9-22(10-8-15)20(24)6-5-16-17(28-3)11-14(27-2)12-18(16)29-4/h11-12,15H,5-10,13H2,1-4H3,(H,21,23). The molecule has 30 heavy (non-hydrogen) atoms. The van der Waals surface area contributed by atoms with Gasteiger partial charge in [-0.3, -0.25) is 9.59 Å². The summed E-state index contributed by atoms with van der Waals surface area (Å²) in [5, 5.41) is 1.74. The summed E-state index contributed by atoms with van der Waals surface area (Å²) in [5.41, 5.74) is 0.775. The lowest BCUT2D eigenvalue weighted by Gasteiger charge is -2.31. The van der Waals surface area contributed by atoms with Crippen LogP contribution in [0.5, 0.6) is 17.2 Å². The molecular weight excluding hydrogens is 412 g/mol. The van der Waals surface area contributed by atoms with E-state index in [1.165, 1.54) is 7.05 Å². The number of ether oxygens (including phenoxy) is 3. The fourth-order valence-corrected chi connectivity index (χ4v) is 5.23. The first-order valence-electron chi connectivity index (χ1n) is 9.74. The molecule has 1 saturated heterocycles. The van der Waals surface area contributed by atoms with E-state index in [0.717, 1.165) is 5.56 Å². The van der Waals surface area contributed by atoms with Crippen molar-refractivity contribution in [1.29, 1.82) is 0 Å². The molecule has 0 aromatic heterocycles. The van der Waals surface area contributed by atoms with Crippen LogP contribution < -0.4 is 19.5 Å². The van der Waals surface area contributed by atoms with Crippen LogP contribution in [0.15, 0.2) is 12.1 Å². The molecule has 0 radical (unpaired) electrons. The average Bonchev–Trinajstić information content (AvgIpc) is 2.76. The van der Waals surface area contributed by atoms with Crippen LogP contribution in [0, 0.1) is 0 Å². The molecule has 0 spiro atoms. The van der Waals surface area contributed by atoms with E-state index in [2.05, 4.69) is 5.32 Å². The molecule has 10 heteroatoms. The zero-order valence-electron chi connectivity index (χ0n) is 17.9. The molecule has 1 aliphatic heterocycles. The Hall–Kier alpha value is -2.49. The molecule has 1 aromatic rings. The Labute approximate surface area is 177 Å². The lowest BCUT2D eigenvalue weighted by atomic mass is 10.0. The highest BCUT2D eigenvalue weighted by Crippen LogP contribution is 2.35. The topological polar surface area (TPSA) is 111 Å². The van der Waals surface area contributed by atoms with Gasteiger partial charge in [0.2, 0.25) is 11.8 Å². The van der Waals surface area contributed by atoms with Crippen LogP contribution in [0.1, 0.15) is 24.8 Å². The van der Waals surface area contributed by atoms with Crippen LogP contribution in [0.25, 0.3) is 0 Å². The Morgan fingerprint density at radius 1 is 1.07 bits per heavy atom. The molecule has 1 heterocycles. The third kappa shape index (κ3) is 5.78. The van der Waals surface area contributed by atoms with E-state index in [9.17, 15) is 18.0 Å². The number of sulfone groups is 1. The SMILES string of the molecule is CNC(=O)CS(=O)(=O)C1CCN(C(=O)CCc2c(OC)cc(OC)cc2OC)CC1. The second-order valence-electron chi connectivity index (χ2n) is 7.07. The van der Waals surface area contributed by atoms with Crippen LogP contribution in [0.2, 0.25) is 0 Å². The van der Waals surface area contributed by atoms with E-state index in [-0.39, 0.29) is 12.3 Å². The summed E-state index contributed by atoms with van der Waals surface area (Å²) in [7, 11) is 2.53. The monoisotopic (exact) mass is 442 g/mol. The smallest absolute Gasteiger partial charge is 0.234 e. The van der Waals surface area contributed by atoms with E-state index in [1.807, 2.05) is 0 Å². The lowest BCUT2D eigenvalue weighted by Crippen LogP contribution is -2.44. The first-order valence-corrected chi connectivity index (χ1v) is 11.5. The number of methoxy groups -OCH3 is 3. The number of rotatable bonds is 9. The molecule has 1 fully saturated rings. The molecule has 9 nitrogen and oxygen atoms in total. The average molecular weight is 443 g/mol. The quantitative estimate of drug-likeness (QED) is 0.602. The van der Waals surface area contributed by atoms with Crippen molar-refractivity contribution in [2.75, 3.05) is 47.2 Å². The zero-order chi connectivity index (χ0) is 22.3. The molecule has 2 amide bonds. The van der Waals surface area contributed by atoms with Crippen LogP contribution in [0.4, 0.5) is 0 Å². The van der Waals surface area contributed by atoms with Gasteiger partial charge in [0.25, 0.3) is 0 Å². The van der Waals surface area contributed by atoms with Crippen molar-refractivity contribution in [3.05, 3.63) is 17.7 Å². The highest BCUT2D eigenvalue weighted by atomic mass is 32.2. The van der Waals surface area contributed by atoms with E-state index >= 15 is 0 Å². The van der Waals surface area contributed by atoms with Crippen LogP contribution in [-0.2, 0) is 25.8 Å². The number of hydrogen-bond acceptors (Lipinski definition) is 7. The van der Waals surface area contributed by atoms with E-state index in [1.54, 1.807) is 38.4 Å². The number of nitrogens with zero attached hydrogens (tertiary/aromatic N) is 1. The van der Waals surface area contributed by atoms with Gasteiger partial charge in [0.1, 0.15) is 23.0 Å². The fourth-order valence-electron chi connectivity index (χ4n) is 3.55. The molecular formula is C20H30N2O7S. The summed E-state index contributed by atoms with van der Waals surface area (Å²) < 4.78 is 40.7. The van der Waals surface area contributed by atoms with Crippen molar-refractivity contribution in [2.45, 2.75) is 30.9 Å². The van der Waals surface area contributed by atoms with Crippen molar-refractivity contribution in [3.8, 4) is 17.2 Å². The third-order valence-corrected chi connectivity index (χ3v) is 7.47. The summed E-state index contributed by atoms with van der Waals surface area (Å²) in [5.74, 6) is 0.668.